The second-order valence-electron chi connectivity index (χ2n) is 3.96. The highest BCUT2D eigenvalue weighted by Gasteiger charge is 2.28. The minimum Gasteiger partial charge on any atom is -0.383 e. The Labute approximate surface area is 104 Å². The van der Waals surface area contributed by atoms with Crippen LogP contribution in [0.4, 0.5) is 0 Å². The van der Waals surface area contributed by atoms with Crippen molar-refractivity contribution in [3.8, 4) is 0 Å². The molecular formula is C10H15N5O3. The number of rotatable bonds is 4. The van der Waals surface area contributed by atoms with Crippen LogP contribution in [0.25, 0.3) is 0 Å². The predicted molar refractivity (Wildman–Crippen MR) is 60.7 cm³/mol. The van der Waals surface area contributed by atoms with E-state index in [-0.39, 0.29) is 24.1 Å². The summed E-state index contributed by atoms with van der Waals surface area (Å²) >= 11 is 0. The first-order chi connectivity index (χ1) is 8.72. The zero-order valence-corrected chi connectivity index (χ0v) is 10.1. The Bertz CT molecular complexity index is 419. The van der Waals surface area contributed by atoms with Crippen LogP contribution < -0.4 is 0 Å². The molecule has 98 valence electrons. The highest BCUT2D eigenvalue weighted by Crippen LogP contribution is 2.07. The summed E-state index contributed by atoms with van der Waals surface area (Å²) in [5, 5.41) is 9.67. The smallest absolute Gasteiger partial charge is 0.276 e. The van der Waals surface area contributed by atoms with E-state index in [0.29, 0.717) is 26.2 Å². The lowest BCUT2D eigenvalue weighted by atomic mass is 10.2. The first kappa shape index (κ1) is 12.5. The van der Waals surface area contributed by atoms with Crippen LogP contribution in [0.1, 0.15) is 10.5 Å². The molecule has 1 N–H and O–H groups in total. The number of hydrogen-bond donors (Lipinski definition) is 1. The van der Waals surface area contributed by atoms with E-state index >= 15 is 0 Å². The molecule has 0 atom stereocenters. The van der Waals surface area contributed by atoms with Crippen LogP contribution in [0.15, 0.2) is 6.20 Å². The third-order valence-corrected chi connectivity index (χ3v) is 2.81. The molecule has 0 aliphatic carbocycles. The lowest BCUT2D eigenvalue weighted by Crippen LogP contribution is -2.52. The topological polar surface area (TPSA) is 91.4 Å². The Morgan fingerprint density at radius 1 is 1.56 bits per heavy atom. The van der Waals surface area contributed by atoms with Crippen LogP contribution in [-0.4, -0.2) is 76.9 Å². The van der Waals surface area contributed by atoms with Crippen LogP contribution in [0.2, 0.25) is 0 Å². The summed E-state index contributed by atoms with van der Waals surface area (Å²) in [6, 6.07) is 0. The number of carbonyl (C=O) groups is 2. The van der Waals surface area contributed by atoms with Crippen molar-refractivity contribution < 1.29 is 14.3 Å². The van der Waals surface area contributed by atoms with E-state index in [1.165, 1.54) is 11.1 Å². The monoisotopic (exact) mass is 253 g/mol. The van der Waals surface area contributed by atoms with Crippen molar-refractivity contribution in [3.05, 3.63) is 11.9 Å². The van der Waals surface area contributed by atoms with Gasteiger partial charge in [-0.2, -0.15) is 15.4 Å². The number of amides is 2. The molecule has 1 fully saturated rings. The molecule has 1 aromatic rings. The van der Waals surface area contributed by atoms with Gasteiger partial charge in [0, 0.05) is 26.7 Å². The molecule has 18 heavy (non-hydrogen) atoms. The average Bonchev–Trinajstić information content (AvgIpc) is 2.90. The summed E-state index contributed by atoms with van der Waals surface area (Å²) in [6.45, 7) is 2.16. The van der Waals surface area contributed by atoms with Gasteiger partial charge < -0.3 is 14.5 Å². The molecule has 0 bridgehead atoms. The largest absolute Gasteiger partial charge is 0.383 e. The zero-order valence-electron chi connectivity index (χ0n) is 10.1. The van der Waals surface area contributed by atoms with Gasteiger partial charge in [0.1, 0.15) is 6.54 Å². The molecule has 2 rings (SSSR count). The van der Waals surface area contributed by atoms with Crippen molar-refractivity contribution in [3.63, 3.8) is 0 Å². The van der Waals surface area contributed by atoms with E-state index in [1.54, 1.807) is 12.0 Å². The number of carbonyl (C=O) groups excluding carboxylic acids is 2. The lowest BCUT2D eigenvalue weighted by Gasteiger charge is -2.33. The number of piperazine rings is 1. The third-order valence-electron chi connectivity index (χ3n) is 2.81. The Morgan fingerprint density at radius 3 is 3.00 bits per heavy atom. The molecule has 0 unspecified atom stereocenters. The van der Waals surface area contributed by atoms with Gasteiger partial charge in [-0.05, 0) is 0 Å². The maximum atomic E-state index is 11.9. The molecular weight excluding hydrogens is 238 g/mol. The molecule has 8 heteroatoms. The van der Waals surface area contributed by atoms with Gasteiger partial charge in [0.25, 0.3) is 5.91 Å². The summed E-state index contributed by atoms with van der Waals surface area (Å²) < 4.78 is 4.93. The van der Waals surface area contributed by atoms with Gasteiger partial charge in [-0.3, -0.25) is 9.59 Å². The van der Waals surface area contributed by atoms with Crippen molar-refractivity contribution in [2.45, 2.75) is 0 Å². The maximum Gasteiger partial charge on any atom is 0.276 e. The predicted octanol–water partition coefficient (Wildman–Crippen LogP) is -1.26. The van der Waals surface area contributed by atoms with Gasteiger partial charge in [0.05, 0.1) is 12.8 Å². The summed E-state index contributed by atoms with van der Waals surface area (Å²) in [5.41, 5.74) is 0.230. The SMILES string of the molecule is COCCN1CCN(C(=O)c2cn[nH]n2)CC1=O. The molecule has 1 aliphatic heterocycles. The minimum atomic E-state index is -0.275. The fourth-order valence-electron chi connectivity index (χ4n) is 1.79. The summed E-state index contributed by atoms with van der Waals surface area (Å²) in [4.78, 5) is 26.9. The third kappa shape index (κ3) is 2.65. The standard InChI is InChI=1S/C10H15N5O3/c1-18-5-4-14-2-3-15(7-9(14)16)10(17)8-6-11-13-12-8/h6H,2-5,7H2,1H3,(H,11,12,13). The van der Waals surface area contributed by atoms with E-state index in [1.807, 2.05) is 0 Å². The van der Waals surface area contributed by atoms with E-state index in [9.17, 15) is 9.59 Å². The van der Waals surface area contributed by atoms with Crippen molar-refractivity contribution in [2.24, 2.45) is 0 Å². The number of hydrogen-bond acceptors (Lipinski definition) is 5. The van der Waals surface area contributed by atoms with Crippen LogP contribution in [0.3, 0.4) is 0 Å². The number of methoxy groups -OCH3 is 1. The van der Waals surface area contributed by atoms with Crippen LogP contribution in [0, 0.1) is 0 Å². The van der Waals surface area contributed by atoms with E-state index in [4.69, 9.17) is 4.74 Å². The Balaban J connectivity index is 1.92. The summed E-state index contributed by atoms with van der Waals surface area (Å²) in [5.74, 6) is -0.348. The van der Waals surface area contributed by atoms with Gasteiger partial charge in [0.15, 0.2) is 5.69 Å². The van der Waals surface area contributed by atoms with Gasteiger partial charge >= 0.3 is 0 Å². The first-order valence-electron chi connectivity index (χ1n) is 5.64. The molecule has 0 saturated carbocycles. The highest BCUT2D eigenvalue weighted by atomic mass is 16.5. The Hall–Kier alpha value is -1.96. The molecule has 0 radical (unpaired) electrons. The average molecular weight is 253 g/mol. The molecule has 1 aliphatic rings. The van der Waals surface area contributed by atoms with Gasteiger partial charge in [-0.25, -0.2) is 0 Å². The van der Waals surface area contributed by atoms with E-state index in [2.05, 4.69) is 15.4 Å². The maximum absolute atomic E-state index is 11.9. The molecule has 1 aromatic heterocycles. The van der Waals surface area contributed by atoms with Crippen LogP contribution in [0.5, 0.6) is 0 Å². The van der Waals surface area contributed by atoms with Crippen molar-refractivity contribution in [2.75, 3.05) is 39.9 Å². The quantitative estimate of drug-likeness (QED) is 0.723. The molecule has 2 amide bonds. The van der Waals surface area contributed by atoms with Crippen LogP contribution in [-0.2, 0) is 9.53 Å². The molecule has 1 saturated heterocycles. The minimum absolute atomic E-state index is 0.0739. The second kappa shape index (κ2) is 5.58. The Morgan fingerprint density at radius 2 is 2.39 bits per heavy atom. The van der Waals surface area contributed by atoms with E-state index < -0.39 is 0 Å². The molecule has 2 heterocycles. The summed E-state index contributed by atoms with van der Waals surface area (Å²) in [6.07, 6.45) is 1.35. The molecule has 0 aromatic carbocycles. The van der Waals surface area contributed by atoms with Crippen LogP contribution >= 0.6 is 0 Å². The fraction of sp³-hybridized carbons (Fsp3) is 0.600. The lowest BCUT2D eigenvalue weighted by molar-refractivity contribution is -0.135. The zero-order chi connectivity index (χ0) is 13.0. The van der Waals surface area contributed by atoms with Crippen molar-refractivity contribution in [1.29, 1.82) is 0 Å². The molecule has 8 nitrogen and oxygen atoms in total. The number of ether oxygens (including phenoxy) is 1. The second-order valence-corrected chi connectivity index (χ2v) is 3.96. The van der Waals surface area contributed by atoms with Crippen molar-refractivity contribution >= 4 is 11.8 Å². The number of aromatic nitrogens is 3. The first-order valence-corrected chi connectivity index (χ1v) is 5.64. The van der Waals surface area contributed by atoms with Gasteiger partial charge in [0.2, 0.25) is 5.91 Å². The number of nitrogens with one attached hydrogen (secondary N) is 1. The highest BCUT2D eigenvalue weighted by molar-refractivity contribution is 5.95. The Kier molecular flexibility index (Phi) is 3.88. The summed E-state index contributed by atoms with van der Waals surface area (Å²) in [7, 11) is 1.59. The number of nitrogens with zero attached hydrogens (tertiary/aromatic N) is 4. The number of aromatic amines is 1. The molecule has 0 spiro atoms. The number of H-pyrrole nitrogens is 1. The normalized spacial score (nSPS) is 16.2. The van der Waals surface area contributed by atoms with Crippen molar-refractivity contribution in [1.82, 2.24) is 25.2 Å². The van der Waals surface area contributed by atoms with E-state index in [0.717, 1.165) is 0 Å². The van der Waals surface area contributed by atoms with Gasteiger partial charge in [-0.15, -0.1) is 0 Å². The van der Waals surface area contributed by atoms with Gasteiger partial charge in [-0.1, -0.05) is 0 Å². The fourth-order valence-corrected chi connectivity index (χ4v) is 1.79.